The molecule has 0 radical (unpaired) electrons. The molecule has 0 atom stereocenters. The highest BCUT2D eigenvalue weighted by molar-refractivity contribution is 5.95. The molecule has 0 aliphatic heterocycles. The summed E-state index contributed by atoms with van der Waals surface area (Å²) >= 11 is 0. The topological polar surface area (TPSA) is 68.0 Å². The predicted octanol–water partition coefficient (Wildman–Crippen LogP) is 3.46. The highest BCUT2D eigenvalue weighted by Crippen LogP contribution is 2.33. The number of hydrogen-bond donors (Lipinski definition) is 1. The maximum Gasteiger partial charge on any atom is 0.336 e. The van der Waals surface area contributed by atoms with E-state index < -0.39 is 5.97 Å². The van der Waals surface area contributed by atoms with Crippen LogP contribution < -0.4 is 0 Å². The maximum absolute atomic E-state index is 11.4. The van der Waals surface area contributed by atoms with Crippen molar-refractivity contribution in [1.82, 2.24) is 14.8 Å². The molecule has 1 aromatic heterocycles. The fourth-order valence-corrected chi connectivity index (χ4v) is 3.19. The van der Waals surface area contributed by atoms with Crippen LogP contribution in [0.3, 0.4) is 0 Å². The third-order valence-electron chi connectivity index (χ3n) is 4.20. The highest BCUT2D eigenvalue weighted by atomic mass is 16.4. The number of aryl methyl sites for hydroxylation is 1. The lowest BCUT2D eigenvalue weighted by atomic mass is 9.94. The number of aromatic nitrogens is 3. The second-order valence-electron chi connectivity index (χ2n) is 5.58. The van der Waals surface area contributed by atoms with Gasteiger partial charge in [0.1, 0.15) is 5.82 Å². The summed E-state index contributed by atoms with van der Waals surface area (Å²) in [6, 6.07) is 7.39. The van der Waals surface area contributed by atoms with E-state index in [-0.39, 0.29) is 5.56 Å². The average molecular weight is 285 g/mol. The second kappa shape index (κ2) is 5.68. The molecule has 1 aliphatic carbocycles. The molecule has 1 heterocycles. The Morgan fingerprint density at radius 3 is 2.62 bits per heavy atom. The molecule has 3 rings (SSSR count). The normalized spacial score (nSPS) is 16.0. The molecule has 0 amide bonds. The van der Waals surface area contributed by atoms with Crippen molar-refractivity contribution >= 4 is 5.97 Å². The summed E-state index contributed by atoms with van der Waals surface area (Å²) in [6.45, 7) is 1.94. The summed E-state index contributed by atoms with van der Waals surface area (Å²) in [5.74, 6) is 0.607. The largest absolute Gasteiger partial charge is 0.478 e. The number of nitrogens with zero attached hydrogens (tertiary/aromatic N) is 3. The Labute approximate surface area is 123 Å². The molecule has 5 nitrogen and oxygen atoms in total. The third-order valence-corrected chi connectivity index (χ3v) is 4.20. The summed E-state index contributed by atoms with van der Waals surface area (Å²) < 4.78 is 2.13. The van der Waals surface area contributed by atoms with Gasteiger partial charge in [0.15, 0.2) is 5.82 Å². The van der Waals surface area contributed by atoms with E-state index in [1.165, 1.54) is 19.3 Å². The van der Waals surface area contributed by atoms with Gasteiger partial charge in [-0.1, -0.05) is 37.5 Å². The molecular weight excluding hydrogens is 266 g/mol. The lowest BCUT2D eigenvalue weighted by Gasteiger charge is -2.25. The van der Waals surface area contributed by atoms with Gasteiger partial charge in [0, 0.05) is 11.6 Å². The summed E-state index contributed by atoms with van der Waals surface area (Å²) in [5, 5.41) is 17.8. The van der Waals surface area contributed by atoms with Crippen LogP contribution in [0.2, 0.25) is 0 Å². The molecule has 1 saturated carbocycles. The Kier molecular flexibility index (Phi) is 3.73. The molecule has 1 aliphatic rings. The summed E-state index contributed by atoms with van der Waals surface area (Å²) in [7, 11) is 0. The van der Waals surface area contributed by atoms with Crippen LogP contribution in [0.4, 0.5) is 0 Å². The fraction of sp³-hybridized carbons (Fsp3) is 0.438. The SMILES string of the molecule is Cc1nnc(-c2ccccc2C(=O)O)n1C1CCCCC1. The first kappa shape index (κ1) is 13.8. The van der Waals surface area contributed by atoms with E-state index in [9.17, 15) is 9.90 Å². The molecule has 0 unspecified atom stereocenters. The van der Waals surface area contributed by atoms with Gasteiger partial charge in [0.05, 0.1) is 5.56 Å². The summed E-state index contributed by atoms with van der Waals surface area (Å²) in [5.41, 5.74) is 0.929. The molecule has 5 heteroatoms. The zero-order chi connectivity index (χ0) is 14.8. The maximum atomic E-state index is 11.4. The van der Waals surface area contributed by atoms with Crippen LogP contribution >= 0.6 is 0 Å². The van der Waals surface area contributed by atoms with Crippen molar-refractivity contribution in [2.24, 2.45) is 0 Å². The lowest BCUT2D eigenvalue weighted by molar-refractivity contribution is 0.0697. The number of carbonyl (C=O) groups is 1. The predicted molar refractivity (Wildman–Crippen MR) is 79.3 cm³/mol. The van der Waals surface area contributed by atoms with Crippen LogP contribution in [-0.4, -0.2) is 25.8 Å². The summed E-state index contributed by atoms with van der Waals surface area (Å²) in [4.78, 5) is 11.4. The van der Waals surface area contributed by atoms with E-state index in [0.717, 1.165) is 18.7 Å². The molecular formula is C16H19N3O2. The molecule has 2 aromatic rings. The summed E-state index contributed by atoms with van der Waals surface area (Å²) in [6.07, 6.45) is 5.92. The van der Waals surface area contributed by atoms with E-state index in [2.05, 4.69) is 14.8 Å². The Hall–Kier alpha value is -2.17. The number of aromatic carboxylic acids is 1. The lowest BCUT2D eigenvalue weighted by Crippen LogP contribution is -2.16. The number of carboxylic acids is 1. The van der Waals surface area contributed by atoms with Crippen LogP contribution in [0.15, 0.2) is 24.3 Å². The first-order valence-corrected chi connectivity index (χ1v) is 7.42. The number of benzene rings is 1. The zero-order valence-corrected chi connectivity index (χ0v) is 12.1. The average Bonchev–Trinajstić information content (AvgIpc) is 2.89. The Balaban J connectivity index is 2.09. The van der Waals surface area contributed by atoms with Crippen LogP contribution in [0.1, 0.15) is 54.3 Å². The third kappa shape index (κ3) is 2.55. The minimum Gasteiger partial charge on any atom is -0.478 e. The van der Waals surface area contributed by atoms with Gasteiger partial charge in [0.25, 0.3) is 0 Å². The van der Waals surface area contributed by atoms with Gasteiger partial charge in [-0.15, -0.1) is 10.2 Å². The van der Waals surface area contributed by atoms with Crippen LogP contribution in [0, 0.1) is 6.92 Å². The van der Waals surface area contributed by atoms with E-state index >= 15 is 0 Å². The van der Waals surface area contributed by atoms with E-state index in [1.54, 1.807) is 12.1 Å². The van der Waals surface area contributed by atoms with Crippen molar-refractivity contribution in [3.8, 4) is 11.4 Å². The molecule has 1 aromatic carbocycles. The van der Waals surface area contributed by atoms with Gasteiger partial charge in [0.2, 0.25) is 0 Å². The van der Waals surface area contributed by atoms with Gasteiger partial charge >= 0.3 is 5.97 Å². The van der Waals surface area contributed by atoms with Crippen LogP contribution in [-0.2, 0) is 0 Å². The standard InChI is InChI=1S/C16H19N3O2/c1-11-17-18-15(19(11)12-7-3-2-4-8-12)13-9-5-6-10-14(13)16(20)21/h5-6,9-10,12H,2-4,7-8H2,1H3,(H,20,21). The van der Waals surface area contributed by atoms with Crippen molar-refractivity contribution < 1.29 is 9.90 Å². The van der Waals surface area contributed by atoms with Gasteiger partial charge in [-0.3, -0.25) is 0 Å². The van der Waals surface area contributed by atoms with Crippen LogP contribution in [0.5, 0.6) is 0 Å². The molecule has 0 bridgehead atoms. The van der Waals surface area contributed by atoms with Gasteiger partial charge < -0.3 is 9.67 Å². The van der Waals surface area contributed by atoms with Crippen LogP contribution in [0.25, 0.3) is 11.4 Å². The monoisotopic (exact) mass is 285 g/mol. The van der Waals surface area contributed by atoms with Gasteiger partial charge in [-0.25, -0.2) is 4.79 Å². The smallest absolute Gasteiger partial charge is 0.336 e. The van der Waals surface area contributed by atoms with Crippen molar-refractivity contribution in [3.63, 3.8) is 0 Å². The van der Waals surface area contributed by atoms with E-state index in [0.29, 0.717) is 17.4 Å². The molecule has 1 N–H and O–H groups in total. The Bertz CT molecular complexity index is 657. The molecule has 21 heavy (non-hydrogen) atoms. The zero-order valence-electron chi connectivity index (χ0n) is 12.1. The molecule has 0 spiro atoms. The van der Waals surface area contributed by atoms with E-state index in [4.69, 9.17) is 0 Å². The highest BCUT2D eigenvalue weighted by Gasteiger charge is 2.24. The number of rotatable bonds is 3. The quantitative estimate of drug-likeness (QED) is 0.937. The first-order valence-electron chi connectivity index (χ1n) is 7.42. The van der Waals surface area contributed by atoms with Gasteiger partial charge in [-0.05, 0) is 25.8 Å². The first-order chi connectivity index (χ1) is 10.2. The molecule has 1 fully saturated rings. The fourth-order valence-electron chi connectivity index (χ4n) is 3.19. The number of carboxylic acid groups (broad SMARTS) is 1. The molecule has 110 valence electrons. The van der Waals surface area contributed by atoms with E-state index in [1.807, 2.05) is 19.1 Å². The Morgan fingerprint density at radius 1 is 1.19 bits per heavy atom. The van der Waals surface area contributed by atoms with Gasteiger partial charge in [-0.2, -0.15) is 0 Å². The molecule has 0 saturated heterocycles. The Morgan fingerprint density at radius 2 is 1.90 bits per heavy atom. The van der Waals surface area contributed by atoms with Crippen molar-refractivity contribution in [3.05, 3.63) is 35.7 Å². The van der Waals surface area contributed by atoms with Crippen molar-refractivity contribution in [2.45, 2.75) is 45.1 Å². The minimum absolute atomic E-state index is 0.280. The number of hydrogen-bond acceptors (Lipinski definition) is 3. The van der Waals surface area contributed by atoms with Crippen molar-refractivity contribution in [2.75, 3.05) is 0 Å². The minimum atomic E-state index is -0.929. The second-order valence-corrected chi connectivity index (χ2v) is 5.58. The van der Waals surface area contributed by atoms with Crippen molar-refractivity contribution in [1.29, 1.82) is 0 Å².